The standard InChI is InChI=1S/C16H19NO3/c1-2-15(19)17-7-5-10-9-13(18)11-3-4-14-12(16(10)11)6-8-20-14/h3-4,10H,2,5-9H2,1H3,(H,17,19)/t10-/m0/s1. The van der Waals surface area contributed by atoms with Gasteiger partial charge in [-0.1, -0.05) is 6.92 Å². The minimum absolute atomic E-state index is 0.0659. The second-order valence-electron chi connectivity index (χ2n) is 5.42. The van der Waals surface area contributed by atoms with Gasteiger partial charge in [0, 0.05) is 36.9 Å². The van der Waals surface area contributed by atoms with Gasteiger partial charge in [-0.3, -0.25) is 9.59 Å². The summed E-state index contributed by atoms with van der Waals surface area (Å²) in [6.45, 7) is 3.18. The highest BCUT2D eigenvalue weighted by molar-refractivity contribution is 6.02. The van der Waals surface area contributed by atoms with Gasteiger partial charge < -0.3 is 10.1 Å². The largest absolute Gasteiger partial charge is 0.493 e. The average molecular weight is 273 g/mol. The van der Waals surface area contributed by atoms with Crippen LogP contribution < -0.4 is 10.1 Å². The Morgan fingerprint density at radius 2 is 2.30 bits per heavy atom. The highest BCUT2D eigenvalue weighted by atomic mass is 16.5. The van der Waals surface area contributed by atoms with Crippen molar-refractivity contribution in [3.05, 3.63) is 28.8 Å². The van der Waals surface area contributed by atoms with E-state index >= 15 is 0 Å². The quantitative estimate of drug-likeness (QED) is 0.915. The maximum absolute atomic E-state index is 12.1. The number of amides is 1. The van der Waals surface area contributed by atoms with Crippen LogP contribution in [0, 0.1) is 0 Å². The first-order chi connectivity index (χ1) is 9.70. The van der Waals surface area contributed by atoms with Crippen molar-refractivity contribution >= 4 is 11.7 Å². The maximum Gasteiger partial charge on any atom is 0.219 e. The summed E-state index contributed by atoms with van der Waals surface area (Å²) >= 11 is 0. The summed E-state index contributed by atoms with van der Waals surface area (Å²) in [4.78, 5) is 23.4. The molecule has 0 unspecified atom stereocenters. The van der Waals surface area contributed by atoms with Crippen molar-refractivity contribution in [1.29, 1.82) is 0 Å². The number of hydrogen-bond acceptors (Lipinski definition) is 3. The van der Waals surface area contributed by atoms with Crippen molar-refractivity contribution in [1.82, 2.24) is 5.32 Å². The smallest absolute Gasteiger partial charge is 0.219 e. The summed E-state index contributed by atoms with van der Waals surface area (Å²) in [6, 6.07) is 3.81. The fourth-order valence-electron chi connectivity index (χ4n) is 3.20. The third-order valence-corrected chi connectivity index (χ3v) is 4.20. The zero-order chi connectivity index (χ0) is 14.1. The van der Waals surface area contributed by atoms with Gasteiger partial charge in [0.15, 0.2) is 5.78 Å². The van der Waals surface area contributed by atoms with Crippen molar-refractivity contribution in [3.8, 4) is 5.75 Å². The van der Waals surface area contributed by atoms with E-state index in [9.17, 15) is 9.59 Å². The van der Waals surface area contributed by atoms with Crippen molar-refractivity contribution in [2.75, 3.05) is 13.2 Å². The number of ketones is 1. The number of carbonyl (C=O) groups excluding carboxylic acids is 2. The van der Waals surface area contributed by atoms with Gasteiger partial charge in [0.1, 0.15) is 5.75 Å². The lowest BCUT2D eigenvalue weighted by molar-refractivity contribution is -0.120. The van der Waals surface area contributed by atoms with E-state index in [1.165, 1.54) is 11.1 Å². The van der Waals surface area contributed by atoms with Gasteiger partial charge in [0.2, 0.25) is 5.91 Å². The average Bonchev–Trinajstić information content (AvgIpc) is 3.03. The number of ether oxygens (including phenoxy) is 1. The van der Waals surface area contributed by atoms with Crippen LogP contribution in [-0.4, -0.2) is 24.8 Å². The molecular weight excluding hydrogens is 254 g/mol. The van der Waals surface area contributed by atoms with Crippen LogP contribution in [-0.2, 0) is 11.2 Å². The summed E-state index contributed by atoms with van der Waals surface area (Å²) in [5.41, 5.74) is 3.25. The molecule has 0 bridgehead atoms. The van der Waals surface area contributed by atoms with Crippen LogP contribution in [0.1, 0.15) is 53.6 Å². The van der Waals surface area contributed by atoms with Crippen LogP contribution in [0.2, 0.25) is 0 Å². The number of rotatable bonds is 4. The summed E-state index contributed by atoms with van der Waals surface area (Å²) in [7, 11) is 0. The monoisotopic (exact) mass is 273 g/mol. The first-order valence-corrected chi connectivity index (χ1v) is 7.29. The van der Waals surface area contributed by atoms with Gasteiger partial charge in [0.25, 0.3) is 0 Å². The maximum atomic E-state index is 12.1. The van der Waals surface area contributed by atoms with Crippen molar-refractivity contribution in [2.24, 2.45) is 0 Å². The van der Waals surface area contributed by atoms with E-state index in [-0.39, 0.29) is 17.6 Å². The third-order valence-electron chi connectivity index (χ3n) is 4.20. The van der Waals surface area contributed by atoms with E-state index in [1.807, 2.05) is 19.1 Å². The zero-order valence-corrected chi connectivity index (χ0v) is 11.7. The van der Waals surface area contributed by atoms with E-state index < -0.39 is 0 Å². The van der Waals surface area contributed by atoms with Crippen LogP contribution in [0.25, 0.3) is 0 Å². The molecular formula is C16H19NO3. The summed E-state index contributed by atoms with van der Waals surface area (Å²) in [5, 5.41) is 2.89. The van der Waals surface area contributed by atoms with Crippen LogP contribution in [0.15, 0.2) is 12.1 Å². The van der Waals surface area contributed by atoms with Crippen molar-refractivity contribution in [3.63, 3.8) is 0 Å². The Morgan fingerprint density at radius 1 is 1.45 bits per heavy atom. The highest BCUT2D eigenvalue weighted by Gasteiger charge is 2.34. The first kappa shape index (κ1) is 13.2. The minimum atomic E-state index is 0.0659. The van der Waals surface area contributed by atoms with E-state index in [4.69, 9.17) is 4.74 Å². The minimum Gasteiger partial charge on any atom is -0.493 e. The Kier molecular flexibility index (Phi) is 3.47. The Bertz CT molecular complexity index is 565. The number of fused-ring (bicyclic) bond motifs is 3. The topological polar surface area (TPSA) is 55.4 Å². The molecule has 0 saturated heterocycles. The molecule has 4 nitrogen and oxygen atoms in total. The molecule has 0 fully saturated rings. The molecule has 1 aliphatic carbocycles. The highest BCUT2D eigenvalue weighted by Crippen LogP contribution is 2.42. The second-order valence-corrected chi connectivity index (χ2v) is 5.42. The number of hydrogen-bond donors (Lipinski definition) is 1. The summed E-state index contributed by atoms with van der Waals surface area (Å²) in [5.74, 6) is 1.45. The fraction of sp³-hybridized carbons (Fsp3) is 0.500. The summed E-state index contributed by atoms with van der Waals surface area (Å²) < 4.78 is 5.59. The first-order valence-electron chi connectivity index (χ1n) is 7.29. The molecule has 3 rings (SSSR count). The molecule has 4 heteroatoms. The van der Waals surface area contributed by atoms with Gasteiger partial charge >= 0.3 is 0 Å². The molecule has 106 valence electrons. The lowest BCUT2D eigenvalue weighted by Crippen LogP contribution is -2.24. The van der Waals surface area contributed by atoms with Crippen molar-refractivity contribution in [2.45, 2.75) is 38.5 Å². The normalized spacial score (nSPS) is 19.4. The molecule has 1 atom stereocenters. The number of carbonyl (C=O) groups is 2. The molecule has 0 spiro atoms. The fourth-order valence-corrected chi connectivity index (χ4v) is 3.20. The molecule has 1 heterocycles. The number of nitrogens with one attached hydrogen (secondary N) is 1. The molecule has 0 saturated carbocycles. The van der Waals surface area contributed by atoms with E-state index in [2.05, 4.69) is 5.32 Å². The molecule has 1 aromatic carbocycles. The van der Waals surface area contributed by atoms with Crippen molar-refractivity contribution < 1.29 is 14.3 Å². The molecule has 1 aromatic rings. The molecule has 2 aliphatic rings. The van der Waals surface area contributed by atoms with Gasteiger partial charge in [-0.25, -0.2) is 0 Å². The number of benzene rings is 1. The van der Waals surface area contributed by atoms with Crippen LogP contribution in [0.5, 0.6) is 5.75 Å². The SMILES string of the molecule is CCC(=O)NCC[C@H]1CC(=O)c2ccc3c(c21)CCO3. The molecule has 1 N–H and O–H groups in total. The number of Topliss-reactive ketones (excluding diaryl/α,β-unsaturated/α-hetero) is 1. The van der Waals surface area contributed by atoms with Crippen LogP contribution in [0.4, 0.5) is 0 Å². The van der Waals surface area contributed by atoms with Gasteiger partial charge in [-0.15, -0.1) is 0 Å². The lowest BCUT2D eigenvalue weighted by atomic mass is 9.92. The van der Waals surface area contributed by atoms with E-state index in [0.29, 0.717) is 26.0 Å². The molecule has 0 aromatic heterocycles. The summed E-state index contributed by atoms with van der Waals surface area (Å²) in [6.07, 6.45) is 2.78. The zero-order valence-electron chi connectivity index (χ0n) is 11.7. The van der Waals surface area contributed by atoms with Gasteiger partial charge in [-0.05, 0) is 30.0 Å². The Morgan fingerprint density at radius 3 is 3.10 bits per heavy atom. The Labute approximate surface area is 118 Å². The van der Waals surface area contributed by atoms with E-state index in [0.717, 1.165) is 24.2 Å². The van der Waals surface area contributed by atoms with E-state index in [1.54, 1.807) is 0 Å². The molecule has 0 radical (unpaired) electrons. The molecule has 20 heavy (non-hydrogen) atoms. The molecule has 1 amide bonds. The van der Waals surface area contributed by atoms with Gasteiger partial charge in [-0.2, -0.15) is 0 Å². The second kappa shape index (κ2) is 5.27. The lowest BCUT2D eigenvalue weighted by Gasteiger charge is -2.14. The van der Waals surface area contributed by atoms with Gasteiger partial charge in [0.05, 0.1) is 6.61 Å². The predicted molar refractivity (Wildman–Crippen MR) is 75.2 cm³/mol. The van der Waals surface area contributed by atoms with Crippen LogP contribution >= 0.6 is 0 Å². The van der Waals surface area contributed by atoms with Crippen LogP contribution in [0.3, 0.4) is 0 Å². The Balaban J connectivity index is 1.78. The predicted octanol–water partition coefficient (Wildman–Crippen LogP) is 2.21. The third kappa shape index (κ3) is 2.19. The molecule has 1 aliphatic heterocycles. The Hall–Kier alpha value is -1.84.